The number of nitrogens with zero attached hydrogens (tertiary/aromatic N) is 2. The van der Waals surface area contributed by atoms with Gasteiger partial charge in [0.15, 0.2) is 0 Å². The van der Waals surface area contributed by atoms with Crippen LogP contribution in [-0.2, 0) is 0 Å². The van der Waals surface area contributed by atoms with Crippen LogP contribution in [0.5, 0.6) is 5.75 Å². The van der Waals surface area contributed by atoms with Crippen molar-refractivity contribution in [2.45, 2.75) is 17.1 Å². The van der Waals surface area contributed by atoms with E-state index < -0.39 is 0 Å². The van der Waals surface area contributed by atoms with Gasteiger partial charge in [-0.3, -0.25) is 0 Å². The van der Waals surface area contributed by atoms with E-state index in [4.69, 9.17) is 9.26 Å². The lowest BCUT2D eigenvalue weighted by atomic mass is 10.3. The van der Waals surface area contributed by atoms with Gasteiger partial charge in [-0.2, -0.15) is 4.98 Å². The Kier molecular flexibility index (Phi) is 4.26. The van der Waals surface area contributed by atoms with E-state index in [2.05, 4.69) is 17.1 Å². The minimum Gasteiger partial charge on any atom is -0.497 e. The summed E-state index contributed by atoms with van der Waals surface area (Å²) in [5.41, 5.74) is 0. The van der Waals surface area contributed by atoms with E-state index in [9.17, 15) is 0 Å². The minimum absolute atomic E-state index is 0.0969. The van der Waals surface area contributed by atoms with E-state index in [-0.39, 0.29) is 5.25 Å². The van der Waals surface area contributed by atoms with E-state index in [1.165, 1.54) is 0 Å². The second kappa shape index (κ2) is 6.32. The molecule has 6 heteroatoms. The van der Waals surface area contributed by atoms with Crippen LogP contribution in [0.15, 0.2) is 51.2 Å². The summed E-state index contributed by atoms with van der Waals surface area (Å²) in [6.07, 6.45) is 0. The Labute approximate surface area is 131 Å². The molecule has 4 nitrogen and oxygen atoms in total. The quantitative estimate of drug-likeness (QED) is 0.640. The highest BCUT2D eigenvalue weighted by atomic mass is 32.2. The summed E-state index contributed by atoms with van der Waals surface area (Å²) in [6.45, 7) is 2.06. The number of thiophene rings is 1. The third-order valence-corrected chi connectivity index (χ3v) is 4.87. The van der Waals surface area contributed by atoms with Gasteiger partial charge in [-0.05, 0) is 42.6 Å². The fourth-order valence-corrected chi connectivity index (χ4v) is 3.36. The average Bonchev–Trinajstić information content (AvgIpc) is 3.19. The van der Waals surface area contributed by atoms with Crippen LogP contribution in [0.4, 0.5) is 0 Å². The molecule has 2 aromatic heterocycles. The van der Waals surface area contributed by atoms with Gasteiger partial charge in [-0.25, -0.2) is 0 Å². The van der Waals surface area contributed by atoms with Gasteiger partial charge in [0.05, 0.1) is 17.2 Å². The number of benzene rings is 1. The largest absolute Gasteiger partial charge is 0.497 e. The maximum atomic E-state index is 5.37. The van der Waals surface area contributed by atoms with Crippen molar-refractivity contribution in [3.63, 3.8) is 0 Å². The highest BCUT2D eigenvalue weighted by molar-refractivity contribution is 7.99. The van der Waals surface area contributed by atoms with Gasteiger partial charge in [0.1, 0.15) is 5.75 Å². The molecule has 0 amide bonds. The lowest BCUT2D eigenvalue weighted by Gasteiger charge is -2.07. The molecule has 0 saturated heterocycles. The standard InChI is InChI=1S/C15H14N2O2S2/c1-10(21-12-7-5-11(18-2)6-8-12)15-16-14(17-19-15)13-4-3-9-20-13/h3-10H,1-2H3/t10-/m1/s1. The first kappa shape index (κ1) is 14.2. The van der Waals surface area contributed by atoms with Crippen molar-refractivity contribution in [2.75, 3.05) is 7.11 Å². The molecule has 0 aliphatic heterocycles. The van der Waals surface area contributed by atoms with Crippen molar-refractivity contribution in [1.29, 1.82) is 0 Å². The molecule has 108 valence electrons. The van der Waals surface area contributed by atoms with Crippen molar-refractivity contribution in [1.82, 2.24) is 10.1 Å². The van der Waals surface area contributed by atoms with Gasteiger partial charge in [-0.1, -0.05) is 11.2 Å². The highest BCUT2D eigenvalue weighted by Gasteiger charge is 2.16. The summed E-state index contributed by atoms with van der Waals surface area (Å²) < 4.78 is 10.5. The molecule has 0 unspecified atom stereocenters. The first-order chi connectivity index (χ1) is 10.3. The van der Waals surface area contributed by atoms with Crippen LogP contribution in [-0.4, -0.2) is 17.3 Å². The third kappa shape index (κ3) is 3.28. The van der Waals surface area contributed by atoms with Gasteiger partial charge in [0.2, 0.25) is 11.7 Å². The van der Waals surface area contributed by atoms with E-state index >= 15 is 0 Å². The van der Waals surface area contributed by atoms with Crippen LogP contribution < -0.4 is 4.74 Å². The number of aromatic nitrogens is 2. The number of ether oxygens (including phenoxy) is 1. The molecule has 0 aliphatic carbocycles. The molecule has 2 heterocycles. The average molecular weight is 318 g/mol. The van der Waals surface area contributed by atoms with Crippen LogP contribution in [0, 0.1) is 0 Å². The molecule has 3 aromatic rings. The molecule has 0 saturated carbocycles. The lowest BCUT2D eigenvalue weighted by molar-refractivity contribution is 0.381. The fraction of sp³-hybridized carbons (Fsp3) is 0.200. The number of methoxy groups -OCH3 is 1. The first-order valence-corrected chi connectivity index (χ1v) is 8.20. The second-order valence-corrected chi connectivity index (χ2v) is 6.73. The zero-order valence-corrected chi connectivity index (χ0v) is 13.3. The zero-order chi connectivity index (χ0) is 14.7. The predicted octanol–water partition coefficient (Wildman–Crippen LogP) is 4.66. The molecule has 0 spiro atoms. The maximum Gasteiger partial charge on any atom is 0.240 e. The SMILES string of the molecule is COc1ccc(S[C@H](C)c2nc(-c3cccs3)no2)cc1. The van der Waals surface area contributed by atoms with Crippen molar-refractivity contribution < 1.29 is 9.26 Å². The molecular formula is C15H14N2O2S2. The maximum absolute atomic E-state index is 5.37. The van der Waals surface area contributed by atoms with Crippen molar-refractivity contribution in [2.24, 2.45) is 0 Å². The van der Waals surface area contributed by atoms with Gasteiger partial charge in [0, 0.05) is 4.90 Å². The van der Waals surface area contributed by atoms with Crippen molar-refractivity contribution in [3.05, 3.63) is 47.7 Å². The number of hydrogen-bond acceptors (Lipinski definition) is 6. The molecule has 3 rings (SSSR count). The molecule has 21 heavy (non-hydrogen) atoms. The van der Waals surface area contributed by atoms with E-state index in [0.717, 1.165) is 15.5 Å². The van der Waals surface area contributed by atoms with E-state index in [1.54, 1.807) is 30.2 Å². The highest BCUT2D eigenvalue weighted by Crippen LogP contribution is 2.35. The van der Waals surface area contributed by atoms with E-state index in [1.807, 2.05) is 41.8 Å². The Bertz CT molecular complexity index is 693. The molecule has 0 N–H and O–H groups in total. The molecule has 0 radical (unpaired) electrons. The number of hydrogen-bond donors (Lipinski definition) is 0. The molecular weight excluding hydrogens is 304 g/mol. The summed E-state index contributed by atoms with van der Waals surface area (Å²) in [4.78, 5) is 6.63. The number of rotatable bonds is 5. The Hall–Kier alpha value is -1.79. The minimum atomic E-state index is 0.0969. The van der Waals surface area contributed by atoms with Crippen LogP contribution in [0.3, 0.4) is 0 Å². The normalized spacial score (nSPS) is 12.3. The van der Waals surface area contributed by atoms with E-state index in [0.29, 0.717) is 11.7 Å². The summed E-state index contributed by atoms with van der Waals surface area (Å²) in [5, 5.41) is 6.14. The Balaban J connectivity index is 1.71. The summed E-state index contributed by atoms with van der Waals surface area (Å²) in [6, 6.07) is 11.9. The second-order valence-electron chi connectivity index (χ2n) is 4.37. The Morgan fingerprint density at radius 1 is 1.24 bits per heavy atom. The number of thioether (sulfide) groups is 1. The first-order valence-electron chi connectivity index (χ1n) is 6.44. The van der Waals surface area contributed by atoms with Crippen molar-refractivity contribution >= 4 is 23.1 Å². The third-order valence-electron chi connectivity index (χ3n) is 2.90. The van der Waals surface area contributed by atoms with Crippen LogP contribution in [0.1, 0.15) is 18.1 Å². The molecule has 0 bridgehead atoms. The summed E-state index contributed by atoms with van der Waals surface area (Å²) in [5.74, 6) is 2.14. The van der Waals surface area contributed by atoms with Gasteiger partial charge < -0.3 is 9.26 Å². The zero-order valence-electron chi connectivity index (χ0n) is 11.6. The van der Waals surface area contributed by atoms with Crippen LogP contribution in [0.25, 0.3) is 10.7 Å². The molecule has 0 fully saturated rings. The lowest BCUT2D eigenvalue weighted by Crippen LogP contribution is -1.89. The smallest absolute Gasteiger partial charge is 0.240 e. The predicted molar refractivity (Wildman–Crippen MR) is 84.9 cm³/mol. The monoisotopic (exact) mass is 318 g/mol. The molecule has 1 aromatic carbocycles. The Morgan fingerprint density at radius 2 is 2.05 bits per heavy atom. The Morgan fingerprint density at radius 3 is 2.71 bits per heavy atom. The van der Waals surface area contributed by atoms with Crippen LogP contribution >= 0.6 is 23.1 Å². The van der Waals surface area contributed by atoms with Crippen LogP contribution in [0.2, 0.25) is 0 Å². The summed E-state index contributed by atoms with van der Waals surface area (Å²) >= 11 is 3.28. The molecule has 0 aliphatic rings. The fourth-order valence-electron chi connectivity index (χ4n) is 1.82. The molecule has 1 atom stereocenters. The van der Waals surface area contributed by atoms with Gasteiger partial charge in [-0.15, -0.1) is 23.1 Å². The van der Waals surface area contributed by atoms with Gasteiger partial charge in [0.25, 0.3) is 0 Å². The topological polar surface area (TPSA) is 48.2 Å². The van der Waals surface area contributed by atoms with Gasteiger partial charge >= 0.3 is 0 Å². The van der Waals surface area contributed by atoms with Crippen molar-refractivity contribution in [3.8, 4) is 16.5 Å². The summed E-state index contributed by atoms with van der Waals surface area (Å²) in [7, 11) is 1.66.